The lowest BCUT2D eigenvalue weighted by Gasteiger charge is -2.32. The first kappa shape index (κ1) is 29.2. The molecule has 0 unspecified atom stereocenters. The van der Waals surface area contributed by atoms with Crippen molar-refractivity contribution in [2.45, 2.75) is 63.1 Å². The molecule has 0 aromatic heterocycles. The largest absolute Gasteiger partial charge is 0.352 e. The van der Waals surface area contributed by atoms with Gasteiger partial charge in [0.2, 0.25) is 11.8 Å². The molecule has 1 saturated carbocycles. The van der Waals surface area contributed by atoms with Gasteiger partial charge in [0.15, 0.2) is 0 Å². The number of benzene rings is 3. The molecule has 1 aliphatic rings. The third-order valence-corrected chi connectivity index (χ3v) is 8.96. The molecule has 1 N–H and O–H groups in total. The van der Waals surface area contributed by atoms with Crippen molar-refractivity contribution in [3.63, 3.8) is 0 Å². The Hall–Kier alpha value is -3.79. The van der Waals surface area contributed by atoms with E-state index in [-0.39, 0.29) is 34.6 Å². The van der Waals surface area contributed by atoms with Gasteiger partial charge in [-0.05, 0) is 69.2 Å². The fourth-order valence-electron chi connectivity index (χ4n) is 4.76. The Morgan fingerprint density at radius 3 is 2.20 bits per heavy atom. The Balaban J connectivity index is 1.69. The topological polar surface area (TPSA) is 86.8 Å². The van der Waals surface area contributed by atoms with Gasteiger partial charge in [-0.15, -0.1) is 0 Å². The number of hydrogen-bond acceptors (Lipinski definition) is 4. The van der Waals surface area contributed by atoms with E-state index in [1.165, 1.54) is 23.1 Å². The highest BCUT2D eigenvalue weighted by Gasteiger charge is 2.33. The molecule has 0 aliphatic heterocycles. The van der Waals surface area contributed by atoms with Crippen LogP contribution in [-0.2, 0) is 26.2 Å². The van der Waals surface area contributed by atoms with E-state index in [2.05, 4.69) is 5.32 Å². The van der Waals surface area contributed by atoms with Crippen molar-refractivity contribution in [1.82, 2.24) is 10.2 Å². The van der Waals surface area contributed by atoms with Gasteiger partial charge in [0.1, 0.15) is 24.2 Å². The van der Waals surface area contributed by atoms with E-state index in [1.807, 2.05) is 6.92 Å². The molecule has 1 fully saturated rings. The second-order valence-electron chi connectivity index (χ2n) is 10.1. The maximum Gasteiger partial charge on any atom is 0.264 e. The summed E-state index contributed by atoms with van der Waals surface area (Å²) < 4.78 is 56.6. The van der Waals surface area contributed by atoms with Crippen molar-refractivity contribution in [3.8, 4) is 0 Å². The summed E-state index contributed by atoms with van der Waals surface area (Å²) in [6, 6.07) is 15.8. The predicted octanol–water partition coefficient (Wildman–Crippen LogP) is 4.94. The molecule has 40 heavy (non-hydrogen) atoms. The third kappa shape index (κ3) is 6.85. The van der Waals surface area contributed by atoms with E-state index in [1.54, 1.807) is 37.3 Å². The standard InChI is InChI=1S/C30H33F2N3O4S/c1-21-11-15-26(16-12-21)35(40(38,39)27-17-13-24(31)14-18-27)20-29(36)34(19-23-7-3-6-10-28(23)32)22(2)30(37)33-25-8-4-5-9-25/h3,6-7,10-18,22,25H,4-5,8-9,19-20H2,1-2H3,(H,33,37)/t22-/m1/s1. The van der Waals surface area contributed by atoms with Crippen LogP contribution in [0.1, 0.15) is 43.7 Å². The fourth-order valence-corrected chi connectivity index (χ4v) is 6.17. The molecule has 4 rings (SSSR count). The number of halogens is 2. The molecule has 0 radical (unpaired) electrons. The second-order valence-corrected chi connectivity index (χ2v) is 11.9. The van der Waals surface area contributed by atoms with Crippen molar-refractivity contribution in [2.24, 2.45) is 0 Å². The summed E-state index contributed by atoms with van der Waals surface area (Å²) in [5, 5.41) is 2.97. The summed E-state index contributed by atoms with van der Waals surface area (Å²) in [4.78, 5) is 28.1. The first-order chi connectivity index (χ1) is 19.1. The van der Waals surface area contributed by atoms with E-state index >= 15 is 0 Å². The SMILES string of the molecule is Cc1ccc(N(CC(=O)N(Cc2ccccc2F)[C@H](C)C(=O)NC2CCCC2)S(=O)(=O)c2ccc(F)cc2)cc1. The van der Waals surface area contributed by atoms with Gasteiger partial charge in [0, 0.05) is 18.2 Å². The number of amides is 2. The van der Waals surface area contributed by atoms with Gasteiger partial charge < -0.3 is 10.2 Å². The molecule has 0 spiro atoms. The number of nitrogens with zero attached hydrogens (tertiary/aromatic N) is 2. The van der Waals surface area contributed by atoms with Crippen molar-refractivity contribution < 1.29 is 26.8 Å². The molecule has 10 heteroatoms. The van der Waals surface area contributed by atoms with Crippen LogP contribution in [0.5, 0.6) is 0 Å². The van der Waals surface area contributed by atoms with Crippen molar-refractivity contribution in [2.75, 3.05) is 10.8 Å². The maximum atomic E-state index is 14.6. The van der Waals surface area contributed by atoms with Crippen LogP contribution >= 0.6 is 0 Å². The van der Waals surface area contributed by atoms with Gasteiger partial charge in [-0.1, -0.05) is 48.7 Å². The smallest absolute Gasteiger partial charge is 0.264 e. The van der Waals surface area contributed by atoms with Crippen LogP contribution in [0.15, 0.2) is 77.7 Å². The van der Waals surface area contributed by atoms with Crippen LogP contribution in [0, 0.1) is 18.6 Å². The van der Waals surface area contributed by atoms with Crippen molar-refractivity contribution >= 4 is 27.5 Å². The van der Waals surface area contributed by atoms with Gasteiger partial charge in [0.25, 0.3) is 10.0 Å². The summed E-state index contributed by atoms with van der Waals surface area (Å²) in [5.41, 5.74) is 1.30. The minimum Gasteiger partial charge on any atom is -0.352 e. The van der Waals surface area contributed by atoms with Crippen LogP contribution in [0.3, 0.4) is 0 Å². The highest BCUT2D eigenvalue weighted by Crippen LogP contribution is 2.26. The van der Waals surface area contributed by atoms with E-state index in [0.717, 1.165) is 59.8 Å². The van der Waals surface area contributed by atoms with Crippen molar-refractivity contribution in [1.29, 1.82) is 0 Å². The van der Waals surface area contributed by atoms with E-state index in [0.29, 0.717) is 0 Å². The van der Waals surface area contributed by atoms with Crippen molar-refractivity contribution in [3.05, 3.63) is 95.6 Å². The molecule has 3 aromatic carbocycles. The third-order valence-electron chi connectivity index (χ3n) is 7.17. The first-order valence-electron chi connectivity index (χ1n) is 13.2. The van der Waals surface area contributed by atoms with Gasteiger partial charge >= 0.3 is 0 Å². The minimum absolute atomic E-state index is 0.00303. The fraction of sp³-hybridized carbons (Fsp3) is 0.333. The quantitative estimate of drug-likeness (QED) is 0.375. The summed E-state index contributed by atoms with van der Waals surface area (Å²) in [5.74, 6) is -2.23. The summed E-state index contributed by atoms with van der Waals surface area (Å²) in [6.07, 6.45) is 3.70. The summed E-state index contributed by atoms with van der Waals surface area (Å²) in [6.45, 7) is 2.50. The number of sulfonamides is 1. The van der Waals surface area contributed by atoms with Gasteiger partial charge in [0.05, 0.1) is 10.6 Å². The summed E-state index contributed by atoms with van der Waals surface area (Å²) >= 11 is 0. The molecular weight excluding hydrogens is 536 g/mol. The number of nitrogens with one attached hydrogen (secondary N) is 1. The predicted molar refractivity (Wildman–Crippen MR) is 149 cm³/mol. The zero-order valence-corrected chi connectivity index (χ0v) is 23.3. The minimum atomic E-state index is -4.31. The van der Waals surface area contributed by atoms with Crippen LogP contribution in [0.2, 0.25) is 0 Å². The Bertz CT molecular complexity index is 1440. The van der Waals surface area contributed by atoms with Crippen LogP contribution in [0.4, 0.5) is 14.5 Å². The monoisotopic (exact) mass is 569 g/mol. The number of carbonyl (C=O) groups is 2. The lowest BCUT2D eigenvalue weighted by Crippen LogP contribution is -2.52. The van der Waals surface area contributed by atoms with Crippen LogP contribution < -0.4 is 9.62 Å². The molecule has 1 atom stereocenters. The Kier molecular flexibility index (Phi) is 9.19. The normalized spacial score (nSPS) is 14.5. The van der Waals surface area contributed by atoms with E-state index < -0.39 is 40.2 Å². The highest BCUT2D eigenvalue weighted by atomic mass is 32.2. The average Bonchev–Trinajstić information content (AvgIpc) is 3.44. The molecule has 3 aromatic rings. The molecular formula is C30H33F2N3O4S. The number of hydrogen-bond donors (Lipinski definition) is 1. The zero-order valence-electron chi connectivity index (χ0n) is 22.5. The summed E-state index contributed by atoms with van der Waals surface area (Å²) in [7, 11) is -4.31. The Labute approximate surface area is 233 Å². The van der Waals surface area contributed by atoms with E-state index in [9.17, 15) is 26.8 Å². The Morgan fingerprint density at radius 1 is 0.950 bits per heavy atom. The molecule has 2 amide bonds. The number of anilines is 1. The van der Waals surface area contributed by atoms with Gasteiger partial charge in [-0.2, -0.15) is 0 Å². The molecule has 212 valence electrons. The lowest BCUT2D eigenvalue weighted by atomic mass is 10.1. The number of rotatable bonds is 10. The molecule has 1 aliphatic carbocycles. The molecule has 0 heterocycles. The van der Waals surface area contributed by atoms with E-state index in [4.69, 9.17) is 0 Å². The molecule has 0 saturated heterocycles. The molecule has 7 nitrogen and oxygen atoms in total. The maximum absolute atomic E-state index is 14.6. The Morgan fingerprint density at radius 2 is 1.57 bits per heavy atom. The molecule has 0 bridgehead atoms. The zero-order chi connectivity index (χ0) is 28.9. The number of carbonyl (C=O) groups excluding carboxylic acids is 2. The number of aryl methyl sites for hydroxylation is 1. The van der Waals surface area contributed by atoms with Gasteiger partial charge in [-0.3, -0.25) is 13.9 Å². The first-order valence-corrected chi connectivity index (χ1v) is 14.7. The van der Waals surface area contributed by atoms with Crippen LogP contribution in [-0.4, -0.2) is 43.8 Å². The average molecular weight is 570 g/mol. The second kappa shape index (κ2) is 12.6. The highest BCUT2D eigenvalue weighted by molar-refractivity contribution is 7.92. The lowest BCUT2D eigenvalue weighted by molar-refractivity contribution is -0.139. The van der Waals surface area contributed by atoms with Gasteiger partial charge in [-0.25, -0.2) is 17.2 Å². The van der Waals surface area contributed by atoms with Crippen LogP contribution in [0.25, 0.3) is 0 Å².